The molecule has 0 atom stereocenters. The van der Waals surface area contributed by atoms with Crippen molar-refractivity contribution in [1.82, 2.24) is 9.97 Å². The summed E-state index contributed by atoms with van der Waals surface area (Å²) >= 11 is 1.27. The van der Waals surface area contributed by atoms with Crippen molar-refractivity contribution >= 4 is 34.2 Å². The highest BCUT2D eigenvalue weighted by atomic mass is 32.1. The van der Waals surface area contributed by atoms with Crippen molar-refractivity contribution in [3.63, 3.8) is 0 Å². The Hall–Kier alpha value is -2.35. The first kappa shape index (κ1) is 12.1. The van der Waals surface area contributed by atoms with Crippen LogP contribution in [0.2, 0.25) is 0 Å². The highest BCUT2D eigenvalue weighted by Gasteiger charge is 2.15. The lowest BCUT2D eigenvalue weighted by molar-refractivity contribution is 0.0692. The molecular weight excluding hydrogens is 256 g/mol. The maximum atomic E-state index is 11.6. The smallest absolute Gasteiger partial charge is 0.354 e. The lowest BCUT2D eigenvalue weighted by Crippen LogP contribution is -2.20. The summed E-state index contributed by atoms with van der Waals surface area (Å²) in [4.78, 5) is 29.1. The van der Waals surface area contributed by atoms with Crippen LogP contribution in [0, 0.1) is 6.92 Å². The number of aromatic nitrogens is 2. The van der Waals surface area contributed by atoms with E-state index in [0.29, 0.717) is 10.8 Å². The van der Waals surface area contributed by atoms with Crippen molar-refractivity contribution in [2.75, 3.05) is 10.6 Å². The fraction of sp³-hybridized carbons (Fsp3) is 0.100. The van der Waals surface area contributed by atoms with E-state index in [4.69, 9.17) is 5.11 Å². The van der Waals surface area contributed by atoms with Gasteiger partial charge in [-0.25, -0.2) is 14.6 Å². The molecule has 2 rings (SSSR count). The second-order valence-electron chi connectivity index (χ2n) is 3.46. The summed E-state index contributed by atoms with van der Waals surface area (Å²) in [5.74, 6) is -1.13. The molecule has 0 unspecified atom stereocenters. The van der Waals surface area contributed by atoms with E-state index in [-0.39, 0.29) is 11.4 Å². The highest BCUT2D eigenvalue weighted by Crippen LogP contribution is 2.17. The standard InChI is InChI=1S/C10H10N4O3S/c1-5-4-6(7(12-5)8(15)16)13-9(17)14-10-11-2-3-18-10/h2-4,12H,1H3,(H,15,16)(H2,11,13,14,17). The molecule has 0 aliphatic carbocycles. The maximum Gasteiger partial charge on any atom is 0.354 e. The minimum Gasteiger partial charge on any atom is -0.477 e. The molecule has 18 heavy (non-hydrogen) atoms. The topological polar surface area (TPSA) is 107 Å². The van der Waals surface area contributed by atoms with Crippen LogP contribution >= 0.6 is 11.3 Å². The number of nitrogens with zero attached hydrogens (tertiary/aromatic N) is 1. The van der Waals surface area contributed by atoms with Crippen LogP contribution in [0.1, 0.15) is 16.2 Å². The Kier molecular flexibility index (Phi) is 3.28. The van der Waals surface area contributed by atoms with Crippen molar-refractivity contribution < 1.29 is 14.7 Å². The van der Waals surface area contributed by atoms with Gasteiger partial charge in [-0.1, -0.05) is 0 Å². The predicted molar refractivity (Wildman–Crippen MR) is 67.2 cm³/mol. The number of aromatic carboxylic acids is 1. The zero-order chi connectivity index (χ0) is 13.1. The van der Waals surface area contributed by atoms with E-state index in [1.54, 1.807) is 24.6 Å². The SMILES string of the molecule is Cc1cc(NC(=O)Nc2nccs2)c(C(=O)O)[nH]1. The first-order valence-electron chi connectivity index (χ1n) is 4.96. The highest BCUT2D eigenvalue weighted by molar-refractivity contribution is 7.13. The van der Waals surface area contributed by atoms with Crippen LogP contribution in [0.25, 0.3) is 0 Å². The van der Waals surface area contributed by atoms with Crippen molar-refractivity contribution in [3.05, 3.63) is 29.0 Å². The summed E-state index contributed by atoms with van der Waals surface area (Å²) in [6, 6.07) is 1.01. The zero-order valence-electron chi connectivity index (χ0n) is 9.35. The molecule has 0 spiro atoms. The quantitative estimate of drug-likeness (QED) is 0.682. The number of anilines is 2. The molecule has 4 N–H and O–H groups in total. The lowest BCUT2D eigenvalue weighted by atomic mass is 10.3. The van der Waals surface area contributed by atoms with Gasteiger partial charge < -0.3 is 15.4 Å². The summed E-state index contributed by atoms with van der Waals surface area (Å²) in [5, 5.41) is 16.0. The number of urea groups is 1. The number of hydrogen-bond acceptors (Lipinski definition) is 4. The monoisotopic (exact) mass is 266 g/mol. The van der Waals surface area contributed by atoms with Crippen LogP contribution in [0.4, 0.5) is 15.6 Å². The van der Waals surface area contributed by atoms with Gasteiger partial charge in [0.05, 0.1) is 5.69 Å². The van der Waals surface area contributed by atoms with E-state index in [1.807, 2.05) is 0 Å². The number of nitrogens with one attached hydrogen (secondary N) is 3. The van der Waals surface area contributed by atoms with Crippen molar-refractivity contribution in [3.8, 4) is 0 Å². The second kappa shape index (κ2) is 4.88. The molecule has 0 aromatic carbocycles. The first-order chi connectivity index (χ1) is 8.56. The second-order valence-corrected chi connectivity index (χ2v) is 4.36. The van der Waals surface area contributed by atoms with Crippen LogP contribution in [-0.4, -0.2) is 27.1 Å². The Bertz CT molecular complexity index is 576. The minimum atomic E-state index is -1.13. The number of thiazole rings is 1. The molecule has 0 aliphatic rings. The maximum absolute atomic E-state index is 11.6. The number of H-pyrrole nitrogens is 1. The van der Waals surface area contributed by atoms with Gasteiger partial charge in [0.15, 0.2) is 5.13 Å². The molecule has 0 saturated carbocycles. The Morgan fingerprint density at radius 1 is 1.44 bits per heavy atom. The van der Waals surface area contributed by atoms with Crippen LogP contribution in [0.15, 0.2) is 17.6 Å². The number of carbonyl (C=O) groups is 2. The van der Waals surface area contributed by atoms with E-state index in [2.05, 4.69) is 20.6 Å². The Morgan fingerprint density at radius 3 is 2.83 bits per heavy atom. The van der Waals surface area contributed by atoms with E-state index < -0.39 is 12.0 Å². The summed E-state index contributed by atoms with van der Waals surface area (Å²) in [6.07, 6.45) is 1.56. The van der Waals surface area contributed by atoms with Crippen LogP contribution < -0.4 is 10.6 Å². The molecule has 0 aliphatic heterocycles. The number of carboxylic acids is 1. The Labute approximate surface area is 106 Å². The van der Waals surface area contributed by atoms with Crippen molar-refractivity contribution in [1.29, 1.82) is 0 Å². The zero-order valence-corrected chi connectivity index (χ0v) is 10.2. The molecule has 8 heteroatoms. The molecule has 0 radical (unpaired) electrons. The third-order valence-electron chi connectivity index (χ3n) is 2.07. The van der Waals surface area contributed by atoms with Gasteiger partial charge >= 0.3 is 12.0 Å². The van der Waals surface area contributed by atoms with Crippen molar-refractivity contribution in [2.24, 2.45) is 0 Å². The summed E-state index contributed by atoms with van der Waals surface area (Å²) in [5.41, 5.74) is 0.813. The van der Waals surface area contributed by atoms with Gasteiger partial charge in [-0.3, -0.25) is 5.32 Å². The number of hydrogen-bond donors (Lipinski definition) is 4. The number of carboxylic acid groups (broad SMARTS) is 1. The van der Waals surface area contributed by atoms with Gasteiger partial charge in [0.1, 0.15) is 5.69 Å². The van der Waals surface area contributed by atoms with Gasteiger partial charge in [-0.05, 0) is 13.0 Å². The van der Waals surface area contributed by atoms with Gasteiger partial charge in [0.2, 0.25) is 0 Å². The first-order valence-corrected chi connectivity index (χ1v) is 5.84. The predicted octanol–water partition coefficient (Wildman–Crippen LogP) is 2.12. The Morgan fingerprint density at radius 2 is 2.22 bits per heavy atom. The van der Waals surface area contributed by atoms with E-state index in [0.717, 1.165) is 0 Å². The summed E-state index contributed by atoms with van der Waals surface area (Å²) in [7, 11) is 0. The van der Waals surface area contributed by atoms with Gasteiger partial charge in [-0.15, -0.1) is 11.3 Å². The average molecular weight is 266 g/mol. The van der Waals surface area contributed by atoms with Crippen LogP contribution in [0.3, 0.4) is 0 Å². The number of amides is 2. The lowest BCUT2D eigenvalue weighted by Gasteiger charge is -2.04. The van der Waals surface area contributed by atoms with E-state index in [1.165, 1.54) is 11.3 Å². The molecule has 0 fully saturated rings. The van der Waals surface area contributed by atoms with Crippen LogP contribution in [-0.2, 0) is 0 Å². The molecule has 0 bridgehead atoms. The fourth-order valence-electron chi connectivity index (χ4n) is 1.39. The molecule has 0 saturated heterocycles. The Balaban J connectivity index is 2.09. The normalized spacial score (nSPS) is 10.1. The molecular formula is C10H10N4O3S. The number of rotatable bonds is 3. The third kappa shape index (κ3) is 2.66. The fourth-order valence-corrected chi connectivity index (χ4v) is 1.92. The molecule has 2 heterocycles. The molecule has 2 aromatic heterocycles. The number of carbonyl (C=O) groups excluding carboxylic acids is 1. The van der Waals surface area contributed by atoms with Gasteiger partial charge in [0, 0.05) is 17.3 Å². The van der Waals surface area contributed by atoms with Crippen LogP contribution in [0.5, 0.6) is 0 Å². The van der Waals surface area contributed by atoms with Gasteiger partial charge in [0.25, 0.3) is 0 Å². The van der Waals surface area contributed by atoms with E-state index >= 15 is 0 Å². The van der Waals surface area contributed by atoms with Gasteiger partial charge in [-0.2, -0.15) is 0 Å². The third-order valence-corrected chi connectivity index (χ3v) is 2.76. The molecule has 7 nitrogen and oxygen atoms in total. The minimum absolute atomic E-state index is 0.0539. The summed E-state index contributed by atoms with van der Waals surface area (Å²) in [6.45, 7) is 1.70. The van der Waals surface area contributed by atoms with E-state index in [9.17, 15) is 9.59 Å². The molecule has 94 valence electrons. The summed E-state index contributed by atoms with van der Waals surface area (Å²) < 4.78 is 0. The molecule has 2 amide bonds. The average Bonchev–Trinajstić information content (AvgIpc) is 2.88. The molecule has 2 aromatic rings. The van der Waals surface area contributed by atoms with Crippen molar-refractivity contribution in [2.45, 2.75) is 6.92 Å². The number of aromatic amines is 1. The number of aryl methyl sites for hydroxylation is 1. The largest absolute Gasteiger partial charge is 0.477 e.